The summed E-state index contributed by atoms with van der Waals surface area (Å²) in [5.41, 5.74) is 0.298. The minimum absolute atomic E-state index is 0. The van der Waals surface area contributed by atoms with Crippen molar-refractivity contribution in [2.45, 2.75) is 18.7 Å². The summed E-state index contributed by atoms with van der Waals surface area (Å²) >= 11 is 12.1. The minimum atomic E-state index is -4.63. The molecule has 1 amide bonds. The van der Waals surface area contributed by atoms with Crippen LogP contribution < -0.4 is 44.7 Å². The van der Waals surface area contributed by atoms with Gasteiger partial charge < -0.3 is 15.2 Å². The number of hydrogen-bond donors (Lipinski definition) is 2. The first-order chi connectivity index (χ1) is 18.0. The van der Waals surface area contributed by atoms with Crippen molar-refractivity contribution in [2.24, 2.45) is 10.2 Å². The van der Waals surface area contributed by atoms with Crippen LogP contribution in [0.25, 0.3) is 10.8 Å². The van der Waals surface area contributed by atoms with Gasteiger partial charge in [-0.05, 0) is 61.2 Å². The number of benzene rings is 4. The predicted molar refractivity (Wildman–Crippen MR) is 144 cm³/mol. The molecule has 0 aromatic heterocycles. The van der Waals surface area contributed by atoms with Crippen LogP contribution in [-0.2, 0) is 10.1 Å². The van der Waals surface area contributed by atoms with Gasteiger partial charge in [0.2, 0.25) is 0 Å². The summed E-state index contributed by atoms with van der Waals surface area (Å²) in [6, 6.07) is 15.4. The maximum absolute atomic E-state index is 13.4. The van der Waals surface area contributed by atoms with E-state index >= 15 is 0 Å². The molecule has 2 N–H and O–H groups in total. The number of anilines is 1. The van der Waals surface area contributed by atoms with Crippen molar-refractivity contribution in [1.29, 1.82) is 0 Å². The molecule has 0 aliphatic heterocycles. The van der Waals surface area contributed by atoms with Crippen LogP contribution in [0, 0.1) is 6.92 Å². The normalized spacial score (nSPS) is 11.4. The quantitative estimate of drug-likeness (QED) is 0.189. The third-order valence-corrected chi connectivity index (χ3v) is 7.19. The molecule has 0 radical (unpaired) electrons. The van der Waals surface area contributed by atoms with E-state index in [-0.39, 0.29) is 57.2 Å². The topological polar surface area (TPSA) is 140 Å². The van der Waals surface area contributed by atoms with Gasteiger partial charge in [-0.2, -0.15) is 18.6 Å². The number of ether oxygens (including phenoxy) is 1. The van der Waals surface area contributed by atoms with Gasteiger partial charge in [0.15, 0.2) is 0 Å². The zero-order chi connectivity index (χ0) is 27.6. The van der Waals surface area contributed by atoms with Gasteiger partial charge in [0, 0.05) is 16.0 Å². The predicted octanol–water partition coefficient (Wildman–Crippen LogP) is 3.85. The van der Waals surface area contributed by atoms with E-state index < -0.39 is 26.7 Å². The summed E-state index contributed by atoms with van der Waals surface area (Å²) in [5.74, 6) is -1.03. The zero-order valence-electron chi connectivity index (χ0n) is 21.0. The molecular weight excluding hydrogens is 576 g/mol. The standard InChI is InChI=1S/C26H21Cl2N3O6S.Na/c1-3-37-21-9-8-16(27)12-20(21)29-26(33)19-11-15-6-4-5-7-18(15)24(25(19)32)31-30-17-10-14(2)23(28)22(13-17)38(34,35)36;/h4-13,32H,3H2,1-2H3,(H,29,33)(H,34,35,36);/q;+1/p-1. The summed E-state index contributed by atoms with van der Waals surface area (Å²) in [6.07, 6.45) is 0. The average Bonchev–Trinajstić information content (AvgIpc) is 2.86. The van der Waals surface area contributed by atoms with Crippen LogP contribution in [0.4, 0.5) is 17.1 Å². The fourth-order valence-electron chi connectivity index (χ4n) is 3.72. The maximum Gasteiger partial charge on any atom is 1.00 e. The van der Waals surface area contributed by atoms with Crippen LogP contribution in [0.3, 0.4) is 0 Å². The molecule has 13 heteroatoms. The Balaban J connectivity index is 0.00000420. The van der Waals surface area contributed by atoms with E-state index in [1.165, 1.54) is 25.1 Å². The molecule has 4 aromatic rings. The van der Waals surface area contributed by atoms with Gasteiger partial charge in [-0.3, -0.25) is 9.35 Å². The average molecular weight is 596 g/mol. The Bertz CT molecular complexity index is 1710. The van der Waals surface area contributed by atoms with Crippen LogP contribution in [0.1, 0.15) is 22.8 Å². The van der Waals surface area contributed by atoms with Gasteiger partial charge >= 0.3 is 29.6 Å². The smallest absolute Gasteiger partial charge is 0.870 e. The van der Waals surface area contributed by atoms with Gasteiger partial charge in [0.1, 0.15) is 10.6 Å². The molecule has 196 valence electrons. The van der Waals surface area contributed by atoms with Gasteiger partial charge in [-0.15, -0.1) is 0 Å². The number of carbonyl (C=O) groups excluding carboxylic acids is 1. The number of aryl methyl sites for hydroxylation is 1. The molecule has 0 saturated heterocycles. The Morgan fingerprint density at radius 2 is 1.79 bits per heavy atom. The molecule has 9 nitrogen and oxygen atoms in total. The molecular formula is C26H20Cl2N3NaO6S. The zero-order valence-corrected chi connectivity index (χ0v) is 25.4. The molecule has 0 aliphatic carbocycles. The minimum Gasteiger partial charge on any atom is -0.870 e. The third-order valence-electron chi connectivity index (χ3n) is 5.46. The first-order valence-electron chi connectivity index (χ1n) is 11.2. The van der Waals surface area contributed by atoms with Gasteiger partial charge in [-0.25, -0.2) is 0 Å². The molecule has 0 saturated carbocycles. The van der Waals surface area contributed by atoms with Crippen LogP contribution in [0.2, 0.25) is 10.0 Å². The van der Waals surface area contributed by atoms with Crippen molar-refractivity contribution < 1.29 is 57.2 Å². The largest absolute Gasteiger partial charge is 1.00 e. The monoisotopic (exact) mass is 595 g/mol. The number of rotatable bonds is 7. The summed E-state index contributed by atoms with van der Waals surface area (Å²) < 4.78 is 38.4. The molecule has 0 atom stereocenters. The molecule has 0 spiro atoms. The van der Waals surface area contributed by atoms with Crippen molar-refractivity contribution in [1.82, 2.24) is 0 Å². The molecule has 0 bridgehead atoms. The summed E-state index contributed by atoms with van der Waals surface area (Å²) in [4.78, 5) is 12.7. The Hall–Kier alpha value is -2.70. The Morgan fingerprint density at radius 3 is 2.49 bits per heavy atom. The number of halogens is 2. The first-order valence-corrected chi connectivity index (χ1v) is 13.3. The second-order valence-corrected chi connectivity index (χ2v) is 10.3. The Kier molecular flexibility index (Phi) is 10.0. The fraction of sp³-hybridized carbons (Fsp3) is 0.115. The van der Waals surface area contributed by atoms with E-state index in [0.717, 1.165) is 6.07 Å². The van der Waals surface area contributed by atoms with Crippen molar-refractivity contribution in [3.05, 3.63) is 81.8 Å². The van der Waals surface area contributed by atoms with Crippen molar-refractivity contribution in [2.75, 3.05) is 11.9 Å². The Morgan fingerprint density at radius 1 is 1.08 bits per heavy atom. The molecule has 0 fully saturated rings. The van der Waals surface area contributed by atoms with Gasteiger partial charge in [0.25, 0.3) is 16.0 Å². The third kappa shape index (κ3) is 6.90. The van der Waals surface area contributed by atoms with E-state index in [4.69, 9.17) is 27.9 Å². The SMILES string of the molecule is CCOc1ccc(Cl)cc1NC(=O)c1cc2ccccc2c(N=Nc2cc(C)c(Cl)c(S(=O)(=O)O)c2)c1[O-].[Na+]. The van der Waals surface area contributed by atoms with Crippen LogP contribution in [-0.4, -0.2) is 25.5 Å². The van der Waals surface area contributed by atoms with E-state index in [1.54, 1.807) is 43.3 Å². The van der Waals surface area contributed by atoms with E-state index in [0.29, 0.717) is 33.7 Å². The maximum atomic E-state index is 13.4. The van der Waals surface area contributed by atoms with E-state index in [1.807, 2.05) is 0 Å². The van der Waals surface area contributed by atoms with E-state index in [9.17, 15) is 22.9 Å². The molecule has 39 heavy (non-hydrogen) atoms. The molecule has 0 aliphatic rings. The number of azo groups is 1. The number of nitrogens with zero attached hydrogens (tertiary/aromatic N) is 2. The number of hydrogen-bond acceptors (Lipinski definition) is 7. The van der Waals surface area contributed by atoms with Crippen LogP contribution in [0.15, 0.2) is 75.8 Å². The Labute approximate surface area is 256 Å². The number of nitrogens with one attached hydrogen (secondary N) is 1. The number of carbonyl (C=O) groups is 1. The molecule has 4 aromatic carbocycles. The number of amides is 1. The first kappa shape index (κ1) is 30.8. The molecule has 0 unspecified atom stereocenters. The van der Waals surface area contributed by atoms with Crippen molar-refractivity contribution >= 4 is 67.1 Å². The molecule has 0 heterocycles. The summed E-state index contributed by atoms with van der Waals surface area (Å²) in [7, 11) is -4.63. The van der Waals surface area contributed by atoms with Gasteiger partial charge in [0.05, 0.1) is 28.7 Å². The van der Waals surface area contributed by atoms with Gasteiger partial charge in [-0.1, -0.05) is 53.2 Å². The second-order valence-electron chi connectivity index (χ2n) is 8.10. The van der Waals surface area contributed by atoms with E-state index in [2.05, 4.69) is 15.5 Å². The van der Waals surface area contributed by atoms with Crippen LogP contribution >= 0.6 is 23.2 Å². The number of fused-ring (bicyclic) bond motifs is 1. The van der Waals surface area contributed by atoms with Crippen molar-refractivity contribution in [3.63, 3.8) is 0 Å². The summed E-state index contributed by atoms with van der Waals surface area (Å²) in [6.45, 7) is 3.67. The van der Waals surface area contributed by atoms with Crippen LogP contribution in [0.5, 0.6) is 11.5 Å². The fourth-order valence-corrected chi connectivity index (χ4v) is 4.95. The molecule has 4 rings (SSSR count). The van der Waals surface area contributed by atoms with Crippen molar-refractivity contribution in [3.8, 4) is 11.5 Å². The summed E-state index contributed by atoms with van der Waals surface area (Å²) in [5, 5.41) is 25.4. The second kappa shape index (κ2) is 12.6.